The second kappa shape index (κ2) is 4.77. The topological polar surface area (TPSA) is 69.6 Å². The Balaban J connectivity index is 2.14. The lowest BCUT2D eigenvalue weighted by molar-refractivity contribution is 0.804. The molecule has 3 rings (SSSR count). The van der Waals surface area contributed by atoms with Crippen molar-refractivity contribution in [1.29, 1.82) is 0 Å². The highest BCUT2D eigenvalue weighted by Gasteiger charge is 2.15. The molecule has 2 heterocycles. The van der Waals surface area contributed by atoms with Gasteiger partial charge in [0.1, 0.15) is 5.82 Å². The van der Waals surface area contributed by atoms with Gasteiger partial charge in [-0.25, -0.2) is 0 Å². The molecule has 2 N–H and O–H groups in total. The molecular weight excluding hydrogens is 250 g/mol. The van der Waals surface area contributed by atoms with Gasteiger partial charge in [0, 0.05) is 5.56 Å². The molecule has 0 unspecified atom stereocenters. The van der Waals surface area contributed by atoms with Crippen LogP contribution in [0.3, 0.4) is 0 Å². The molecule has 0 saturated carbocycles. The molecule has 5 heteroatoms. The normalized spacial score (nSPS) is 10.7. The highest BCUT2D eigenvalue weighted by atomic mass is 15.4. The molecule has 0 aliphatic heterocycles. The number of nitrogens with zero attached hydrogens (tertiary/aromatic N) is 4. The van der Waals surface area contributed by atoms with Crippen molar-refractivity contribution in [2.24, 2.45) is 0 Å². The summed E-state index contributed by atoms with van der Waals surface area (Å²) >= 11 is 0. The first-order valence-electron chi connectivity index (χ1n) is 6.38. The van der Waals surface area contributed by atoms with E-state index in [1.807, 2.05) is 56.3 Å². The van der Waals surface area contributed by atoms with Crippen LogP contribution >= 0.6 is 0 Å². The Morgan fingerprint density at radius 2 is 1.70 bits per heavy atom. The van der Waals surface area contributed by atoms with Crippen LogP contribution in [0.25, 0.3) is 16.9 Å². The van der Waals surface area contributed by atoms with Gasteiger partial charge in [-0.3, -0.25) is 0 Å². The predicted molar refractivity (Wildman–Crippen MR) is 78.5 cm³/mol. The molecule has 5 nitrogen and oxygen atoms in total. The van der Waals surface area contributed by atoms with E-state index in [4.69, 9.17) is 5.73 Å². The van der Waals surface area contributed by atoms with Crippen molar-refractivity contribution in [3.63, 3.8) is 0 Å². The predicted octanol–water partition coefficient (Wildman–Crippen LogP) is 2.53. The first-order valence-corrected chi connectivity index (χ1v) is 6.38. The number of nitrogen functional groups attached to an aromatic ring is 1. The van der Waals surface area contributed by atoms with Gasteiger partial charge in [0.15, 0.2) is 5.82 Å². The number of hydrogen-bond acceptors (Lipinski definition) is 4. The van der Waals surface area contributed by atoms with Gasteiger partial charge in [-0.05, 0) is 31.5 Å². The first-order chi connectivity index (χ1) is 9.66. The number of anilines is 1. The van der Waals surface area contributed by atoms with Crippen molar-refractivity contribution in [2.45, 2.75) is 13.8 Å². The van der Waals surface area contributed by atoms with Crippen LogP contribution < -0.4 is 5.73 Å². The summed E-state index contributed by atoms with van der Waals surface area (Å²) in [7, 11) is 0. The third kappa shape index (κ3) is 2.03. The van der Waals surface area contributed by atoms with Crippen molar-refractivity contribution in [2.75, 3.05) is 5.73 Å². The standard InChI is InChI=1S/C15H15N5/c1-10-8-9-13(18-17-10)20-15(16)14(11(2)19-20)12-6-4-3-5-7-12/h3-9H,16H2,1-2H3. The smallest absolute Gasteiger partial charge is 0.178 e. The SMILES string of the molecule is Cc1ccc(-n2nc(C)c(-c3ccccc3)c2N)nn1. The monoisotopic (exact) mass is 265 g/mol. The third-order valence-corrected chi connectivity index (χ3v) is 3.16. The largest absolute Gasteiger partial charge is 0.383 e. The maximum Gasteiger partial charge on any atom is 0.178 e. The molecule has 0 atom stereocenters. The minimum absolute atomic E-state index is 0.576. The molecule has 0 aliphatic rings. The van der Waals surface area contributed by atoms with Crippen molar-refractivity contribution in [3.8, 4) is 16.9 Å². The van der Waals surface area contributed by atoms with Crippen LogP contribution in [0.2, 0.25) is 0 Å². The maximum atomic E-state index is 6.24. The summed E-state index contributed by atoms with van der Waals surface area (Å²) in [6.07, 6.45) is 0. The average molecular weight is 265 g/mol. The number of rotatable bonds is 2. The van der Waals surface area contributed by atoms with E-state index >= 15 is 0 Å². The second-order valence-electron chi connectivity index (χ2n) is 4.66. The van der Waals surface area contributed by atoms with Gasteiger partial charge in [-0.15, -0.1) is 5.10 Å². The van der Waals surface area contributed by atoms with Gasteiger partial charge < -0.3 is 5.73 Å². The zero-order chi connectivity index (χ0) is 14.1. The summed E-state index contributed by atoms with van der Waals surface area (Å²) in [5, 5.41) is 12.6. The summed E-state index contributed by atoms with van der Waals surface area (Å²) in [5.41, 5.74) is 9.96. The molecule has 3 aromatic rings. The number of nitrogens with two attached hydrogens (primary N) is 1. The fraction of sp³-hybridized carbons (Fsp3) is 0.133. The van der Waals surface area contributed by atoms with Gasteiger partial charge in [0.25, 0.3) is 0 Å². The lowest BCUT2D eigenvalue weighted by Gasteiger charge is -2.04. The molecule has 0 radical (unpaired) electrons. The summed E-state index contributed by atoms with van der Waals surface area (Å²) in [6.45, 7) is 3.83. The molecule has 100 valence electrons. The Labute approximate surface area is 117 Å². The van der Waals surface area contributed by atoms with Crippen molar-refractivity contribution in [1.82, 2.24) is 20.0 Å². The molecule has 2 aromatic heterocycles. The molecule has 0 aliphatic carbocycles. The Bertz CT molecular complexity index is 729. The quantitative estimate of drug-likeness (QED) is 0.773. The molecule has 0 spiro atoms. The van der Waals surface area contributed by atoms with Crippen LogP contribution in [0.5, 0.6) is 0 Å². The van der Waals surface area contributed by atoms with Crippen LogP contribution in [-0.4, -0.2) is 20.0 Å². The average Bonchev–Trinajstić information content (AvgIpc) is 2.76. The van der Waals surface area contributed by atoms with E-state index in [0.717, 1.165) is 22.5 Å². The third-order valence-electron chi connectivity index (χ3n) is 3.16. The van der Waals surface area contributed by atoms with E-state index in [9.17, 15) is 0 Å². The highest BCUT2D eigenvalue weighted by molar-refractivity contribution is 5.77. The Hall–Kier alpha value is -2.69. The Morgan fingerprint density at radius 3 is 2.35 bits per heavy atom. The summed E-state index contributed by atoms with van der Waals surface area (Å²) in [5.74, 6) is 1.20. The van der Waals surface area contributed by atoms with E-state index in [2.05, 4.69) is 15.3 Å². The number of hydrogen-bond donors (Lipinski definition) is 1. The molecule has 1 aromatic carbocycles. The second-order valence-corrected chi connectivity index (χ2v) is 4.66. The minimum atomic E-state index is 0.576. The number of aromatic nitrogens is 4. The lowest BCUT2D eigenvalue weighted by Crippen LogP contribution is -2.05. The highest BCUT2D eigenvalue weighted by Crippen LogP contribution is 2.30. The summed E-state index contributed by atoms with van der Waals surface area (Å²) in [6, 6.07) is 13.7. The Morgan fingerprint density at radius 1 is 0.950 bits per heavy atom. The van der Waals surface area contributed by atoms with Crippen molar-refractivity contribution >= 4 is 5.82 Å². The van der Waals surface area contributed by atoms with Crippen LogP contribution in [0.1, 0.15) is 11.4 Å². The summed E-state index contributed by atoms with van der Waals surface area (Å²) in [4.78, 5) is 0. The van der Waals surface area contributed by atoms with Gasteiger partial charge in [-0.2, -0.15) is 14.9 Å². The fourth-order valence-corrected chi connectivity index (χ4v) is 2.19. The van der Waals surface area contributed by atoms with E-state index in [1.165, 1.54) is 0 Å². The van der Waals surface area contributed by atoms with Gasteiger partial charge in [0.2, 0.25) is 0 Å². The lowest BCUT2D eigenvalue weighted by atomic mass is 10.1. The summed E-state index contributed by atoms with van der Waals surface area (Å²) < 4.78 is 1.63. The molecule has 0 bridgehead atoms. The van der Waals surface area contributed by atoms with Crippen LogP contribution in [-0.2, 0) is 0 Å². The molecule has 0 amide bonds. The van der Waals surface area contributed by atoms with Crippen molar-refractivity contribution in [3.05, 3.63) is 53.9 Å². The van der Waals surface area contributed by atoms with Crippen molar-refractivity contribution < 1.29 is 0 Å². The van der Waals surface area contributed by atoms with Crippen LogP contribution in [0.4, 0.5) is 5.82 Å². The zero-order valence-electron chi connectivity index (χ0n) is 11.4. The fourth-order valence-electron chi connectivity index (χ4n) is 2.19. The minimum Gasteiger partial charge on any atom is -0.383 e. The van der Waals surface area contributed by atoms with E-state index < -0.39 is 0 Å². The van der Waals surface area contributed by atoms with Crippen LogP contribution in [0.15, 0.2) is 42.5 Å². The maximum absolute atomic E-state index is 6.24. The van der Waals surface area contributed by atoms with Crippen LogP contribution in [0, 0.1) is 13.8 Å². The van der Waals surface area contributed by atoms with E-state index in [0.29, 0.717) is 11.6 Å². The zero-order valence-corrected chi connectivity index (χ0v) is 11.4. The first kappa shape index (κ1) is 12.3. The van der Waals surface area contributed by atoms with E-state index in [-0.39, 0.29) is 0 Å². The number of aryl methyl sites for hydroxylation is 2. The molecule has 0 saturated heterocycles. The molecular formula is C15H15N5. The van der Waals surface area contributed by atoms with E-state index in [1.54, 1.807) is 4.68 Å². The molecule has 0 fully saturated rings. The number of benzene rings is 1. The van der Waals surface area contributed by atoms with Gasteiger partial charge in [0.05, 0.1) is 11.4 Å². The van der Waals surface area contributed by atoms with Gasteiger partial charge in [-0.1, -0.05) is 30.3 Å². The Kier molecular flexibility index (Phi) is 2.95. The van der Waals surface area contributed by atoms with Gasteiger partial charge >= 0.3 is 0 Å². The molecule has 20 heavy (non-hydrogen) atoms.